The van der Waals surface area contributed by atoms with Gasteiger partial charge >= 0.3 is 0 Å². The molecule has 0 saturated carbocycles. The minimum atomic E-state index is 0.509. The Balaban J connectivity index is 1.38. The van der Waals surface area contributed by atoms with Crippen molar-refractivity contribution in [1.29, 1.82) is 0 Å². The van der Waals surface area contributed by atoms with E-state index in [1.165, 1.54) is 22.9 Å². The van der Waals surface area contributed by atoms with Crippen LogP contribution in [0.3, 0.4) is 0 Å². The Labute approximate surface area is 190 Å². The van der Waals surface area contributed by atoms with Gasteiger partial charge in [-0.15, -0.1) is 10.2 Å². The van der Waals surface area contributed by atoms with Gasteiger partial charge in [0, 0.05) is 17.7 Å². The van der Waals surface area contributed by atoms with Crippen LogP contribution in [0.2, 0.25) is 0 Å². The molecule has 3 aromatic carbocycles. The van der Waals surface area contributed by atoms with E-state index >= 15 is 0 Å². The molecule has 0 saturated heterocycles. The van der Waals surface area contributed by atoms with Crippen LogP contribution in [0, 0.1) is 6.92 Å². The van der Waals surface area contributed by atoms with E-state index in [1.807, 2.05) is 60.7 Å². The van der Waals surface area contributed by atoms with Crippen molar-refractivity contribution >= 4 is 11.8 Å². The topological polar surface area (TPSA) is 69.6 Å². The van der Waals surface area contributed by atoms with E-state index in [4.69, 9.17) is 4.52 Å². The molecule has 5 rings (SSSR count). The summed E-state index contributed by atoms with van der Waals surface area (Å²) in [5, 5.41) is 13.9. The zero-order chi connectivity index (χ0) is 21.8. The van der Waals surface area contributed by atoms with Crippen molar-refractivity contribution in [3.63, 3.8) is 0 Å². The second kappa shape index (κ2) is 9.20. The predicted octanol–water partition coefficient (Wildman–Crippen LogP) is 5.51. The first-order valence-corrected chi connectivity index (χ1v) is 11.3. The maximum atomic E-state index is 5.48. The van der Waals surface area contributed by atoms with E-state index in [1.54, 1.807) is 0 Å². The van der Waals surface area contributed by atoms with E-state index in [2.05, 4.69) is 56.1 Å². The van der Waals surface area contributed by atoms with Gasteiger partial charge in [-0.25, -0.2) is 0 Å². The summed E-state index contributed by atoms with van der Waals surface area (Å²) in [5.74, 6) is 2.54. The monoisotopic (exact) mass is 439 g/mol. The molecule has 0 radical (unpaired) electrons. The fourth-order valence-electron chi connectivity index (χ4n) is 3.38. The SMILES string of the molecule is Cc1ccc(-c2noc(CSc3nnc(Cc4ccccc4)n3-c3ccccc3)n2)cc1. The van der Waals surface area contributed by atoms with E-state index in [9.17, 15) is 0 Å². The number of hydrogen-bond acceptors (Lipinski definition) is 6. The molecule has 0 N–H and O–H groups in total. The number of para-hydroxylation sites is 1. The summed E-state index contributed by atoms with van der Waals surface area (Å²) in [6, 6.07) is 28.5. The van der Waals surface area contributed by atoms with Crippen molar-refractivity contribution in [1.82, 2.24) is 24.9 Å². The second-order valence-corrected chi connectivity index (χ2v) is 8.34. The molecule has 32 heavy (non-hydrogen) atoms. The van der Waals surface area contributed by atoms with E-state index < -0.39 is 0 Å². The molecule has 0 aliphatic rings. The Bertz CT molecular complexity index is 1300. The van der Waals surface area contributed by atoms with Gasteiger partial charge in [0.15, 0.2) is 5.16 Å². The Morgan fingerprint density at radius 2 is 1.56 bits per heavy atom. The van der Waals surface area contributed by atoms with Crippen LogP contribution in [0.15, 0.2) is 94.6 Å². The van der Waals surface area contributed by atoms with Crippen LogP contribution in [-0.4, -0.2) is 24.9 Å². The summed E-state index contributed by atoms with van der Waals surface area (Å²) < 4.78 is 7.57. The molecule has 2 heterocycles. The highest BCUT2D eigenvalue weighted by Gasteiger charge is 2.17. The number of nitrogens with zero attached hydrogens (tertiary/aromatic N) is 5. The Kier molecular flexibility index (Phi) is 5.81. The summed E-state index contributed by atoms with van der Waals surface area (Å²) in [6.45, 7) is 2.05. The van der Waals surface area contributed by atoms with Crippen LogP contribution in [0.5, 0.6) is 0 Å². The molecule has 0 aliphatic carbocycles. The van der Waals surface area contributed by atoms with Gasteiger partial charge in [-0.1, -0.05) is 95.3 Å². The first-order valence-electron chi connectivity index (χ1n) is 10.3. The molecular weight excluding hydrogens is 418 g/mol. The maximum absolute atomic E-state index is 5.48. The molecule has 0 bridgehead atoms. The number of thioether (sulfide) groups is 1. The highest BCUT2D eigenvalue weighted by molar-refractivity contribution is 7.98. The van der Waals surface area contributed by atoms with Gasteiger partial charge in [-0.3, -0.25) is 4.57 Å². The van der Waals surface area contributed by atoms with Crippen molar-refractivity contribution in [3.8, 4) is 17.1 Å². The molecule has 0 atom stereocenters. The quantitative estimate of drug-likeness (QED) is 0.312. The fourth-order valence-corrected chi connectivity index (χ4v) is 4.19. The van der Waals surface area contributed by atoms with Gasteiger partial charge in [-0.2, -0.15) is 4.98 Å². The molecule has 7 heteroatoms. The third-order valence-electron chi connectivity index (χ3n) is 5.02. The fraction of sp³-hybridized carbons (Fsp3) is 0.120. The van der Waals surface area contributed by atoms with Gasteiger partial charge in [0.25, 0.3) is 0 Å². The lowest BCUT2D eigenvalue weighted by molar-refractivity contribution is 0.391. The standard InChI is InChI=1S/C25H21N5OS/c1-18-12-14-20(15-13-18)24-26-23(31-29-24)17-32-25-28-27-22(16-19-8-4-2-5-9-19)30(25)21-10-6-3-7-11-21/h2-15H,16-17H2,1H3. The average molecular weight is 440 g/mol. The first kappa shape index (κ1) is 20.2. The summed E-state index contributed by atoms with van der Waals surface area (Å²) >= 11 is 1.53. The Morgan fingerprint density at radius 3 is 2.31 bits per heavy atom. The molecule has 2 aromatic heterocycles. The zero-order valence-corrected chi connectivity index (χ0v) is 18.4. The predicted molar refractivity (Wildman–Crippen MR) is 125 cm³/mol. The van der Waals surface area contributed by atoms with Crippen LogP contribution in [0.4, 0.5) is 0 Å². The Morgan fingerprint density at radius 1 is 0.844 bits per heavy atom. The van der Waals surface area contributed by atoms with Gasteiger partial charge in [0.1, 0.15) is 5.82 Å². The van der Waals surface area contributed by atoms with E-state index in [0.717, 1.165) is 22.2 Å². The molecule has 5 aromatic rings. The summed E-state index contributed by atoms with van der Waals surface area (Å²) in [4.78, 5) is 4.55. The van der Waals surface area contributed by atoms with Gasteiger partial charge in [0.2, 0.25) is 11.7 Å². The van der Waals surface area contributed by atoms with E-state index in [-0.39, 0.29) is 0 Å². The molecule has 0 unspecified atom stereocenters. The highest BCUT2D eigenvalue weighted by atomic mass is 32.2. The molecule has 0 amide bonds. The van der Waals surface area contributed by atoms with E-state index in [0.29, 0.717) is 23.9 Å². The van der Waals surface area contributed by atoms with Gasteiger partial charge in [-0.05, 0) is 24.6 Å². The third-order valence-corrected chi connectivity index (χ3v) is 5.94. The molecule has 158 valence electrons. The van der Waals surface area contributed by atoms with Crippen molar-refractivity contribution < 1.29 is 4.52 Å². The number of rotatable bonds is 7. The maximum Gasteiger partial charge on any atom is 0.237 e. The van der Waals surface area contributed by atoms with Crippen LogP contribution >= 0.6 is 11.8 Å². The molecule has 0 aliphatic heterocycles. The van der Waals surface area contributed by atoms with Gasteiger partial charge in [0.05, 0.1) is 5.75 Å². The summed E-state index contributed by atoms with van der Waals surface area (Å²) in [5.41, 5.74) is 4.35. The van der Waals surface area contributed by atoms with Crippen molar-refractivity contribution in [2.75, 3.05) is 0 Å². The minimum Gasteiger partial charge on any atom is -0.338 e. The second-order valence-electron chi connectivity index (χ2n) is 7.40. The van der Waals surface area contributed by atoms with Crippen molar-refractivity contribution in [3.05, 3.63) is 108 Å². The van der Waals surface area contributed by atoms with Crippen LogP contribution in [0.25, 0.3) is 17.1 Å². The summed E-state index contributed by atoms with van der Waals surface area (Å²) in [6.07, 6.45) is 0.696. The highest BCUT2D eigenvalue weighted by Crippen LogP contribution is 2.27. The third kappa shape index (κ3) is 4.48. The zero-order valence-electron chi connectivity index (χ0n) is 17.5. The first-order chi connectivity index (χ1) is 15.8. The Hall–Kier alpha value is -3.71. The number of aromatic nitrogens is 5. The lowest BCUT2D eigenvalue weighted by atomic mass is 10.1. The number of hydrogen-bond donors (Lipinski definition) is 0. The molecule has 0 spiro atoms. The number of benzene rings is 3. The smallest absolute Gasteiger partial charge is 0.237 e. The minimum absolute atomic E-state index is 0.509. The molecule has 0 fully saturated rings. The molecular formula is C25H21N5OS. The number of aryl methyl sites for hydroxylation is 1. The lowest BCUT2D eigenvalue weighted by Crippen LogP contribution is -2.03. The van der Waals surface area contributed by atoms with Gasteiger partial charge < -0.3 is 4.52 Å². The molecule has 6 nitrogen and oxygen atoms in total. The normalized spacial score (nSPS) is 11.0. The largest absolute Gasteiger partial charge is 0.338 e. The van der Waals surface area contributed by atoms with Crippen LogP contribution < -0.4 is 0 Å². The summed E-state index contributed by atoms with van der Waals surface area (Å²) in [7, 11) is 0. The lowest BCUT2D eigenvalue weighted by Gasteiger charge is -2.09. The van der Waals surface area contributed by atoms with Crippen LogP contribution in [0.1, 0.15) is 22.8 Å². The average Bonchev–Trinajstić information content (AvgIpc) is 3.47. The van der Waals surface area contributed by atoms with Crippen LogP contribution in [-0.2, 0) is 12.2 Å². The van der Waals surface area contributed by atoms with Crippen molar-refractivity contribution in [2.24, 2.45) is 0 Å². The van der Waals surface area contributed by atoms with Crippen molar-refractivity contribution in [2.45, 2.75) is 24.3 Å².